The van der Waals surface area contributed by atoms with Crippen molar-refractivity contribution in [2.24, 2.45) is 0 Å². The summed E-state index contributed by atoms with van der Waals surface area (Å²) in [6.45, 7) is 0. The van der Waals surface area contributed by atoms with E-state index < -0.39 is 5.09 Å². The van der Waals surface area contributed by atoms with Gasteiger partial charge in [0.05, 0.1) is 12.5 Å². The molecule has 1 aromatic rings. The molecule has 11 heteroatoms. The lowest BCUT2D eigenvalue weighted by atomic mass is 10.7. The third-order valence-electron chi connectivity index (χ3n) is 0.425. The maximum absolute atomic E-state index is 8.36. The number of hydrogen-bond donors (Lipinski definition) is 1. The van der Waals surface area contributed by atoms with E-state index in [-0.39, 0.29) is 32.9 Å². The van der Waals surface area contributed by atoms with E-state index in [0.29, 0.717) is 0 Å². The van der Waals surface area contributed by atoms with Gasteiger partial charge in [-0.3, -0.25) is 0 Å². The largest absolute Gasteiger partial charge is 0.473 e. The Morgan fingerprint density at radius 1 is 0.933 bits per heavy atom. The Kier molecular flexibility index (Phi) is 135. The third kappa shape index (κ3) is 122. The van der Waals surface area contributed by atoms with Gasteiger partial charge in [-0.15, -0.1) is 10.1 Å². The molecule has 0 aliphatic rings. The van der Waals surface area contributed by atoms with E-state index in [9.17, 15) is 0 Å². The second-order valence-corrected chi connectivity index (χ2v) is 1.03. The minimum Gasteiger partial charge on any atom is -0.473 e. The van der Waals surface area contributed by atoms with Gasteiger partial charge in [-0.2, -0.15) is 0 Å². The van der Waals surface area contributed by atoms with Crippen molar-refractivity contribution in [2.45, 2.75) is 0 Å². The summed E-state index contributed by atoms with van der Waals surface area (Å²) in [5.74, 6) is 0. The zero-order valence-corrected chi connectivity index (χ0v) is 7.43. The van der Waals surface area contributed by atoms with Gasteiger partial charge in [0, 0.05) is 0 Å². The molecule has 15 heavy (non-hydrogen) atoms. The van der Waals surface area contributed by atoms with Gasteiger partial charge < -0.3 is 42.5 Å². The summed E-state index contributed by atoms with van der Waals surface area (Å²) in [5, 5.41) is 13.6. The lowest BCUT2D eigenvalue weighted by Crippen LogP contribution is -1.81. The van der Waals surface area contributed by atoms with Crippen LogP contribution in [-0.2, 0) is 0 Å². The Balaban J connectivity index is -0.0000000124. The lowest BCUT2D eigenvalue weighted by Gasteiger charge is -1.56. The van der Waals surface area contributed by atoms with Gasteiger partial charge in [-0.05, 0) is 12.1 Å². The molecule has 0 saturated heterocycles. The average Bonchev–Trinajstić information content (AvgIpc) is 2.11. The summed E-state index contributed by atoms with van der Waals surface area (Å²) in [6, 6.07) is 3.67. The van der Waals surface area contributed by atoms with E-state index in [2.05, 4.69) is 4.42 Å². The average molecular weight is 239 g/mol. The topological polar surface area (TPSA) is 266 Å². The highest BCUT2D eigenvalue weighted by molar-refractivity contribution is 4.79. The van der Waals surface area contributed by atoms with Crippen LogP contribution in [0.15, 0.2) is 29.1 Å². The van der Waals surface area contributed by atoms with Crippen LogP contribution in [0.3, 0.4) is 0 Å². The van der Waals surface area contributed by atoms with Crippen LogP contribution >= 0.6 is 0 Å². The van der Waals surface area contributed by atoms with E-state index in [1.807, 2.05) is 12.1 Å². The van der Waals surface area contributed by atoms with E-state index in [0.717, 1.165) is 0 Å². The number of rotatable bonds is 0. The van der Waals surface area contributed by atoms with Crippen molar-refractivity contribution in [2.75, 3.05) is 0 Å². The first-order valence-corrected chi connectivity index (χ1v) is 2.04. The molecule has 0 aliphatic heterocycles. The molecule has 0 radical (unpaired) electrons. The third-order valence-corrected chi connectivity index (χ3v) is 0.425. The molecule has 0 saturated carbocycles. The van der Waals surface area contributed by atoms with Crippen molar-refractivity contribution < 1.29 is 47.6 Å². The minimum atomic E-state index is -1.50. The molecule has 1 aromatic heterocycles. The van der Waals surface area contributed by atoms with Gasteiger partial charge >= 0.3 is 0 Å². The predicted molar refractivity (Wildman–Crippen MR) is 49.2 cm³/mol. The second-order valence-electron chi connectivity index (χ2n) is 1.03. The Labute approximate surface area is 83.5 Å². The first-order chi connectivity index (χ1) is 4.23. The summed E-state index contributed by atoms with van der Waals surface area (Å²) in [5.41, 5.74) is 0. The predicted octanol–water partition coefficient (Wildman–Crippen LogP) is -4.02. The SMILES string of the molecule is O.O.O.O.O.O.O=[N+]([O-])O.c1ccoc1. The Bertz CT molecular complexity index is 131. The van der Waals surface area contributed by atoms with Gasteiger partial charge in [0.2, 0.25) is 0 Å². The van der Waals surface area contributed by atoms with E-state index >= 15 is 0 Å². The van der Waals surface area contributed by atoms with E-state index in [1.54, 1.807) is 12.5 Å². The van der Waals surface area contributed by atoms with Crippen LogP contribution in [0.2, 0.25) is 0 Å². The molecular weight excluding hydrogens is 222 g/mol. The van der Waals surface area contributed by atoms with Crippen LogP contribution in [0.1, 0.15) is 0 Å². The molecule has 11 nitrogen and oxygen atoms in total. The first kappa shape index (κ1) is 50.9. The zero-order chi connectivity index (χ0) is 7.11. The van der Waals surface area contributed by atoms with Gasteiger partial charge in [-0.1, -0.05) is 0 Å². The highest BCUT2D eigenvalue weighted by Crippen LogP contribution is 1.79. The van der Waals surface area contributed by atoms with Gasteiger partial charge in [0.15, 0.2) is 0 Å². The molecule has 1 heterocycles. The standard InChI is InChI=1S/C4H4O.HNO3.6H2O/c1-2-4-5-3-1;2-1(3)4;;;;;;/h1-4H;(H,2,3,4);6*1H2. The summed E-state index contributed by atoms with van der Waals surface area (Å²) in [6.07, 6.45) is 3.25. The van der Waals surface area contributed by atoms with Crippen molar-refractivity contribution in [1.29, 1.82) is 0 Å². The monoisotopic (exact) mass is 239 g/mol. The van der Waals surface area contributed by atoms with Crippen molar-refractivity contribution in [3.05, 3.63) is 34.8 Å². The molecule has 0 aliphatic carbocycles. The molecule has 0 amide bonds. The van der Waals surface area contributed by atoms with Gasteiger partial charge in [0.1, 0.15) is 0 Å². The lowest BCUT2D eigenvalue weighted by molar-refractivity contribution is -0.742. The molecule has 98 valence electrons. The van der Waals surface area contributed by atoms with Crippen LogP contribution < -0.4 is 0 Å². The summed E-state index contributed by atoms with van der Waals surface area (Å²) in [7, 11) is 0. The van der Waals surface area contributed by atoms with Gasteiger partial charge in [-0.25, -0.2) is 0 Å². The Morgan fingerprint density at radius 2 is 1.13 bits per heavy atom. The maximum atomic E-state index is 8.36. The molecule has 0 atom stereocenters. The number of nitrogens with zero attached hydrogens (tertiary/aromatic N) is 1. The van der Waals surface area contributed by atoms with E-state index in [1.165, 1.54) is 0 Å². The van der Waals surface area contributed by atoms with Crippen molar-refractivity contribution in [3.63, 3.8) is 0 Å². The Hall–Kier alpha value is -1.76. The molecule has 0 bridgehead atoms. The Morgan fingerprint density at radius 3 is 1.20 bits per heavy atom. The summed E-state index contributed by atoms with van der Waals surface area (Å²) >= 11 is 0. The molecule has 0 aromatic carbocycles. The van der Waals surface area contributed by atoms with Crippen molar-refractivity contribution in [3.8, 4) is 0 Å². The molecule has 0 fully saturated rings. The molecule has 13 N–H and O–H groups in total. The number of furan rings is 1. The summed E-state index contributed by atoms with van der Waals surface area (Å²) < 4.78 is 4.58. The zero-order valence-electron chi connectivity index (χ0n) is 7.43. The highest BCUT2D eigenvalue weighted by atomic mass is 16.9. The second kappa shape index (κ2) is 39.7. The molecule has 1 rings (SSSR count). The fourth-order valence-electron chi connectivity index (χ4n) is 0.227. The minimum absolute atomic E-state index is 0. The molecule has 0 spiro atoms. The fourth-order valence-corrected chi connectivity index (χ4v) is 0.227. The van der Waals surface area contributed by atoms with Gasteiger partial charge in [0.25, 0.3) is 5.09 Å². The van der Waals surface area contributed by atoms with Crippen molar-refractivity contribution >= 4 is 0 Å². The molecule has 0 unspecified atom stereocenters. The normalized spacial score (nSPS) is 4.27. The summed E-state index contributed by atoms with van der Waals surface area (Å²) in [4.78, 5) is 8.36. The fraction of sp³-hybridized carbons (Fsp3) is 0. The quantitative estimate of drug-likeness (QED) is 0.349. The van der Waals surface area contributed by atoms with Crippen LogP contribution in [0.5, 0.6) is 0 Å². The van der Waals surface area contributed by atoms with Crippen molar-refractivity contribution in [1.82, 2.24) is 0 Å². The maximum Gasteiger partial charge on any atom is 0.291 e. The van der Waals surface area contributed by atoms with Crippen LogP contribution in [0, 0.1) is 10.1 Å². The first-order valence-electron chi connectivity index (χ1n) is 2.04. The van der Waals surface area contributed by atoms with Crippen LogP contribution in [-0.4, -0.2) is 43.2 Å². The number of hydrogen-bond acceptors (Lipinski definition) is 3. The van der Waals surface area contributed by atoms with E-state index in [4.69, 9.17) is 15.3 Å². The van der Waals surface area contributed by atoms with Crippen LogP contribution in [0.4, 0.5) is 0 Å². The molecular formula is C4H17NO10. The highest BCUT2D eigenvalue weighted by Gasteiger charge is 1.65. The smallest absolute Gasteiger partial charge is 0.291 e. The van der Waals surface area contributed by atoms with Crippen LogP contribution in [0.25, 0.3) is 0 Å².